The molecule has 0 bridgehead atoms. The molecule has 3 aromatic rings. The fraction of sp³-hybridized carbons (Fsp3) is 0.250. The molecule has 0 saturated heterocycles. The summed E-state index contributed by atoms with van der Waals surface area (Å²) in [7, 11) is 1.78. The van der Waals surface area contributed by atoms with E-state index in [1.165, 1.54) is 22.2 Å². The predicted octanol–water partition coefficient (Wildman–Crippen LogP) is 3.55. The Hall–Kier alpha value is -2.31. The number of aromatic nitrogens is 2. The molecule has 0 aliphatic heterocycles. The molecule has 5 nitrogen and oxygen atoms in total. The van der Waals surface area contributed by atoms with Crippen LogP contribution in [0.2, 0.25) is 5.02 Å². The summed E-state index contributed by atoms with van der Waals surface area (Å²) in [6.07, 6.45) is 1.77. The molecule has 2 aromatic heterocycles. The molecule has 0 atom stereocenters. The number of pyridine rings is 1. The fourth-order valence-corrected chi connectivity index (χ4v) is 3.62. The van der Waals surface area contributed by atoms with E-state index in [1.54, 1.807) is 18.1 Å². The Morgan fingerprint density at radius 1 is 1.22 bits per heavy atom. The Kier molecular flexibility index (Phi) is 6.19. The first kappa shape index (κ1) is 19.5. The molecule has 0 N–H and O–H groups in total. The van der Waals surface area contributed by atoms with Crippen LogP contribution < -0.4 is 5.56 Å². The van der Waals surface area contributed by atoms with Gasteiger partial charge in [-0.2, -0.15) is 0 Å². The minimum Gasteiger partial charge on any atom is -0.341 e. The van der Waals surface area contributed by atoms with Crippen LogP contribution in [0.3, 0.4) is 0 Å². The van der Waals surface area contributed by atoms with Crippen molar-refractivity contribution in [3.8, 4) is 0 Å². The lowest BCUT2D eigenvalue weighted by molar-refractivity contribution is -0.127. The number of nitrogens with zero attached hydrogens (tertiary/aromatic N) is 3. The van der Waals surface area contributed by atoms with Crippen LogP contribution in [0.15, 0.2) is 53.5 Å². The summed E-state index contributed by atoms with van der Waals surface area (Å²) in [6.45, 7) is 2.47. The number of aryl methyl sites for hydroxylation is 1. The third-order valence-electron chi connectivity index (χ3n) is 4.09. The van der Waals surface area contributed by atoms with Gasteiger partial charge in [-0.1, -0.05) is 29.8 Å². The molecule has 7 heteroatoms. The summed E-state index contributed by atoms with van der Waals surface area (Å²) in [5.74, 6) is 0.877. The minimum atomic E-state index is -0.106. The minimum absolute atomic E-state index is 0.0306. The van der Waals surface area contributed by atoms with Gasteiger partial charge in [-0.3, -0.25) is 14.0 Å². The first-order valence-corrected chi connectivity index (χ1v) is 10.0. The van der Waals surface area contributed by atoms with Crippen molar-refractivity contribution in [2.45, 2.75) is 19.2 Å². The zero-order valence-corrected chi connectivity index (χ0v) is 16.8. The number of amides is 1. The van der Waals surface area contributed by atoms with Gasteiger partial charge in [-0.05, 0) is 36.2 Å². The zero-order valence-electron chi connectivity index (χ0n) is 15.2. The van der Waals surface area contributed by atoms with E-state index in [9.17, 15) is 9.59 Å². The Bertz CT molecular complexity index is 1020. The summed E-state index contributed by atoms with van der Waals surface area (Å²) in [6, 6.07) is 12.7. The fourth-order valence-electron chi connectivity index (χ4n) is 2.64. The van der Waals surface area contributed by atoms with Gasteiger partial charge in [-0.25, -0.2) is 4.98 Å². The lowest BCUT2D eigenvalue weighted by atomic mass is 10.2. The molecule has 3 rings (SSSR count). The van der Waals surface area contributed by atoms with Gasteiger partial charge in [0.05, 0.1) is 11.4 Å². The van der Waals surface area contributed by atoms with Gasteiger partial charge in [0.15, 0.2) is 0 Å². The van der Waals surface area contributed by atoms with Crippen molar-refractivity contribution in [3.05, 3.63) is 80.9 Å². The first-order chi connectivity index (χ1) is 12.9. The summed E-state index contributed by atoms with van der Waals surface area (Å²) < 4.78 is 1.54. The van der Waals surface area contributed by atoms with Gasteiger partial charge in [0.1, 0.15) is 5.65 Å². The lowest BCUT2D eigenvalue weighted by Crippen LogP contribution is -2.27. The Labute approximate surface area is 167 Å². The highest BCUT2D eigenvalue weighted by atomic mass is 35.5. The lowest BCUT2D eigenvalue weighted by Gasteiger charge is -2.17. The maximum Gasteiger partial charge on any atom is 0.258 e. The van der Waals surface area contributed by atoms with Crippen molar-refractivity contribution in [2.75, 3.05) is 12.8 Å². The topological polar surface area (TPSA) is 54.7 Å². The van der Waals surface area contributed by atoms with E-state index in [2.05, 4.69) is 4.98 Å². The molecule has 0 spiro atoms. The summed E-state index contributed by atoms with van der Waals surface area (Å²) in [4.78, 5) is 30.7. The van der Waals surface area contributed by atoms with Gasteiger partial charge >= 0.3 is 0 Å². The van der Waals surface area contributed by atoms with E-state index in [-0.39, 0.29) is 11.5 Å². The summed E-state index contributed by atoms with van der Waals surface area (Å²) in [5, 5.41) is 0.678. The van der Waals surface area contributed by atoms with Crippen LogP contribution in [0.4, 0.5) is 0 Å². The number of hydrogen-bond donors (Lipinski definition) is 0. The Balaban J connectivity index is 1.56. The highest BCUT2D eigenvalue weighted by molar-refractivity contribution is 7.99. The van der Waals surface area contributed by atoms with Crippen molar-refractivity contribution in [1.82, 2.24) is 14.3 Å². The maximum atomic E-state index is 12.3. The zero-order chi connectivity index (χ0) is 19.4. The smallest absolute Gasteiger partial charge is 0.258 e. The quantitative estimate of drug-likeness (QED) is 0.633. The highest BCUT2D eigenvalue weighted by Gasteiger charge is 2.10. The molecule has 0 aliphatic rings. The van der Waals surface area contributed by atoms with Gasteiger partial charge in [0, 0.05) is 36.6 Å². The van der Waals surface area contributed by atoms with Crippen molar-refractivity contribution >= 4 is 34.9 Å². The van der Waals surface area contributed by atoms with Crippen LogP contribution in [0.5, 0.6) is 0 Å². The van der Waals surface area contributed by atoms with Crippen LogP contribution in [0.25, 0.3) is 5.65 Å². The van der Waals surface area contributed by atoms with Crippen molar-refractivity contribution in [3.63, 3.8) is 0 Å². The third-order valence-corrected chi connectivity index (χ3v) is 5.30. The van der Waals surface area contributed by atoms with Crippen molar-refractivity contribution in [2.24, 2.45) is 0 Å². The van der Waals surface area contributed by atoms with E-state index >= 15 is 0 Å². The number of fused-ring (bicyclic) bond motifs is 1. The number of hydrogen-bond acceptors (Lipinski definition) is 4. The molecule has 0 aliphatic carbocycles. The second-order valence-electron chi connectivity index (χ2n) is 6.39. The molecule has 1 aromatic carbocycles. The predicted molar refractivity (Wildman–Crippen MR) is 110 cm³/mol. The molecule has 0 fully saturated rings. The Morgan fingerprint density at radius 3 is 2.70 bits per heavy atom. The first-order valence-electron chi connectivity index (χ1n) is 8.47. The molecular weight excluding hydrogens is 382 g/mol. The number of carbonyl (C=O) groups excluding carboxylic acids is 1. The number of halogens is 1. The standard InChI is InChI=1S/C20H20ClN3O2S/c1-14-3-8-18-22-17(9-19(25)24(18)10-14)12-27-13-20(26)23(2)11-15-4-6-16(21)7-5-15/h3-10H,11-13H2,1-2H3. The number of rotatable bonds is 6. The van der Waals surface area contributed by atoms with E-state index in [0.29, 0.717) is 34.4 Å². The molecule has 0 saturated carbocycles. The maximum absolute atomic E-state index is 12.3. The highest BCUT2D eigenvalue weighted by Crippen LogP contribution is 2.14. The molecule has 140 valence electrons. The number of carbonyl (C=O) groups is 1. The van der Waals surface area contributed by atoms with E-state index in [0.717, 1.165) is 11.1 Å². The third kappa shape index (κ3) is 5.11. The van der Waals surface area contributed by atoms with Crippen LogP contribution in [-0.2, 0) is 17.1 Å². The molecule has 27 heavy (non-hydrogen) atoms. The number of benzene rings is 1. The normalized spacial score (nSPS) is 10.9. The van der Waals surface area contributed by atoms with Gasteiger partial charge in [0.2, 0.25) is 5.91 Å². The Morgan fingerprint density at radius 2 is 1.96 bits per heavy atom. The summed E-state index contributed by atoms with van der Waals surface area (Å²) >= 11 is 7.33. The molecule has 1 amide bonds. The molecule has 0 unspecified atom stereocenters. The molecule has 2 heterocycles. The second-order valence-corrected chi connectivity index (χ2v) is 7.81. The monoisotopic (exact) mass is 401 g/mol. The van der Waals surface area contributed by atoms with Crippen LogP contribution in [0.1, 0.15) is 16.8 Å². The van der Waals surface area contributed by atoms with Crippen LogP contribution in [0, 0.1) is 6.92 Å². The van der Waals surface area contributed by atoms with Crippen LogP contribution in [-0.4, -0.2) is 33.0 Å². The van der Waals surface area contributed by atoms with Gasteiger partial charge < -0.3 is 4.90 Å². The van der Waals surface area contributed by atoms with E-state index in [1.807, 2.05) is 43.3 Å². The second kappa shape index (κ2) is 8.59. The van der Waals surface area contributed by atoms with Crippen molar-refractivity contribution < 1.29 is 4.79 Å². The van der Waals surface area contributed by atoms with Crippen molar-refractivity contribution in [1.29, 1.82) is 0 Å². The largest absolute Gasteiger partial charge is 0.341 e. The number of thioether (sulfide) groups is 1. The van der Waals surface area contributed by atoms with Gasteiger partial charge in [0.25, 0.3) is 5.56 Å². The summed E-state index contributed by atoms with van der Waals surface area (Å²) in [5.41, 5.74) is 3.23. The average Bonchev–Trinajstić information content (AvgIpc) is 2.64. The van der Waals surface area contributed by atoms with E-state index < -0.39 is 0 Å². The SMILES string of the molecule is Cc1ccc2nc(CSCC(=O)N(C)Cc3ccc(Cl)cc3)cc(=O)n2c1. The van der Waals surface area contributed by atoms with Gasteiger partial charge in [-0.15, -0.1) is 11.8 Å². The molecule has 0 radical (unpaired) electrons. The van der Waals surface area contributed by atoms with E-state index in [4.69, 9.17) is 11.6 Å². The van der Waals surface area contributed by atoms with Crippen LogP contribution >= 0.6 is 23.4 Å². The molecular formula is C20H20ClN3O2S. The average molecular weight is 402 g/mol.